The van der Waals surface area contributed by atoms with Gasteiger partial charge < -0.3 is 15.0 Å². The van der Waals surface area contributed by atoms with Gasteiger partial charge in [-0.25, -0.2) is 0 Å². The van der Waals surface area contributed by atoms with E-state index in [-0.39, 0.29) is 0 Å². The van der Waals surface area contributed by atoms with Crippen molar-refractivity contribution in [2.45, 2.75) is 32.1 Å². The molecule has 1 saturated heterocycles. The van der Waals surface area contributed by atoms with Crippen molar-refractivity contribution in [1.29, 1.82) is 0 Å². The molecule has 0 bridgehead atoms. The van der Waals surface area contributed by atoms with Crippen LogP contribution < -0.4 is 10.1 Å². The van der Waals surface area contributed by atoms with Crippen molar-refractivity contribution in [3.05, 3.63) is 35.9 Å². The van der Waals surface area contributed by atoms with Gasteiger partial charge in [0.05, 0.1) is 6.61 Å². The summed E-state index contributed by atoms with van der Waals surface area (Å²) >= 11 is 0. The molecule has 2 aliphatic rings. The van der Waals surface area contributed by atoms with Crippen molar-refractivity contribution >= 4 is 5.57 Å². The van der Waals surface area contributed by atoms with Gasteiger partial charge in [-0.15, -0.1) is 0 Å². The molecule has 0 atom stereocenters. The summed E-state index contributed by atoms with van der Waals surface area (Å²) in [5.74, 6) is 0.997. The Hall–Kier alpha value is -1.32. The second kappa shape index (κ2) is 8.35. The SMILES string of the molecule is C1=C(c2ccc(OCCCN3CCCCC3)cc2)CCNC1. The number of hydrogen-bond acceptors (Lipinski definition) is 3. The smallest absolute Gasteiger partial charge is 0.119 e. The van der Waals surface area contributed by atoms with Crippen molar-refractivity contribution in [3.8, 4) is 5.75 Å². The lowest BCUT2D eigenvalue weighted by molar-refractivity contribution is 0.205. The molecule has 1 aromatic carbocycles. The Bertz CT molecular complexity index is 475. The van der Waals surface area contributed by atoms with E-state index >= 15 is 0 Å². The van der Waals surface area contributed by atoms with Gasteiger partial charge in [0.15, 0.2) is 0 Å². The van der Waals surface area contributed by atoms with Gasteiger partial charge in [0.1, 0.15) is 5.75 Å². The molecule has 1 N–H and O–H groups in total. The van der Waals surface area contributed by atoms with E-state index in [0.717, 1.165) is 38.3 Å². The standard InChI is InChI=1S/C19H28N2O/c1-2-13-21(14-3-1)15-4-16-22-19-7-5-17(6-8-19)18-9-11-20-12-10-18/h5-9,20H,1-4,10-16H2. The molecule has 0 spiro atoms. The van der Waals surface area contributed by atoms with Crippen LogP contribution in [0.5, 0.6) is 5.75 Å². The minimum Gasteiger partial charge on any atom is -0.494 e. The maximum atomic E-state index is 5.88. The van der Waals surface area contributed by atoms with Crippen LogP contribution in [0.15, 0.2) is 30.3 Å². The molecule has 0 aliphatic carbocycles. The Balaban J connectivity index is 1.40. The summed E-state index contributed by atoms with van der Waals surface area (Å²) in [6.45, 7) is 6.63. The zero-order chi connectivity index (χ0) is 15.0. The number of benzene rings is 1. The molecule has 2 heterocycles. The van der Waals surface area contributed by atoms with Crippen LogP contribution in [-0.2, 0) is 0 Å². The average Bonchev–Trinajstić information content (AvgIpc) is 2.61. The molecular weight excluding hydrogens is 272 g/mol. The van der Waals surface area contributed by atoms with Gasteiger partial charge in [0.25, 0.3) is 0 Å². The lowest BCUT2D eigenvalue weighted by Gasteiger charge is -2.26. The van der Waals surface area contributed by atoms with E-state index in [0.29, 0.717) is 0 Å². The molecule has 1 aromatic rings. The van der Waals surface area contributed by atoms with Gasteiger partial charge >= 0.3 is 0 Å². The van der Waals surface area contributed by atoms with Crippen LogP contribution in [0.3, 0.4) is 0 Å². The van der Waals surface area contributed by atoms with E-state index in [1.165, 1.54) is 50.0 Å². The van der Waals surface area contributed by atoms with Gasteiger partial charge in [-0.2, -0.15) is 0 Å². The first-order valence-electron chi connectivity index (χ1n) is 8.77. The summed E-state index contributed by atoms with van der Waals surface area (Å²) < 4.78 is 5.88. The Labute approximate surface area is 134 Å². The molecule has 0 saturated carbocycles. The van der Waals surface area contributed by atoms with Gasteiger partial charge in [0.2, 0.25) is 0 Å². The molecule has 0 aromatic heterocycles. The summed E-state index contributed by atoms with van der Waals surface area (Å²) in [5, 5.41) is 3.35. The predicted molar refractivity (Wildman–Crippen MR) is 92.3 cm³/mol. The summed E-state index contributed by atoms with van der Waals surface area (Å²) in [6, 6.07) is 8.60. The largest absolute Gasteiger partial charge is 0.494 e. The minimum absolute atomic E-state index is 0.822. The molecule has 0 unspecified atom stereocenters. The van der Waals surface area contributed by atoms with Crippen LogP contribution in [0, 0.1) is 0 Å². The molecule has 1 fully saturated rings. The lowest BCUT2D eigenvalue weighted by atomic mass is 10.0. The Kier molecular flexibility index (Phi) is 5.91. The maximum absolute atomic E-state index is 5.88. The fourth-order valence-electron chi connectivity index (χ4n) is 3.31. The van der Waals surface area contributed by atoms with E-state index in [1.54, 1.807) is 0 Å². The van der Waals surface area contributed by atoms with Crippen LogP contribution in [0.1, 0.15) is 37.7 Å². The Morgan fingerprint density at radius 3 is 2.59 bits per heavy atom. The summed E-state index contributed by atoms with van der Waals surface area (Å²) in [5.41, 5.74) is 2.79. The van der Waals surface area contributed by atoms with Gasteiger partial charge in [0, 0.05) is 13.1 Å². The first kappa shape index (κ1) is 15.6. The zero-order valence-electron chi connectivity index (χ0n) is 13.5. The van der Waals surface area contributed by atoms with Gasteiger partial charge in [-0.05, 0) is 68.6 Å². The number of rotatable bonds is 6. The number of ether oxygens (including phenoxy) is 1. The van der Waals surface area contributed by atoms with E-state index in [4.69, 9.17) is 4.74 Å². The number of piperidine rings is 1. The Morgan fingerprint density at radius 2 is 1.86 bits per heavy atom. The third-order valence-electron chi connectivity index (χ3n) is 4.63. The molecule has 0 radical (unpaired) electrons. The van der Waals surface area contributed by atoms with Crippen molar-refractivity contribution in [2.75, 3.05) is 39.3 Å². The summed E-state index contributed by atoms with van der Waals surface area (Å²) in [4.78, 5) is 2.57. The summed E-state index contributed by atoms with van der Waals surface area (Å²) in [7, 11) is 0. The van der Waals surface area contributed by atoms with Crippen molar-refractivity contribution in [1.82, 2.24) is 10.2 Å². The number of hydrogen-bond donors (Lipinski definition) is 1. The van der Waals surface area contributed by atoms with Crippen LogP contribution >= 0.6 is 0 Å². The number of nitrogens with one attached hydrogen (secondary N) is 1. The average molecular weight is 300 g/mol. The number of nitrogens with zero attached hydrogens (tertiary/aromatic N) is 1. The van der Waals surface area contributed by atoms with Crippen LogP contribution in [0.25, 0.3) is 5.57 Å². The molecule has 3 rings (SSSR count). The predicted octanol–water partition coefficient (Wildman–Crippen LogP) is 3.32. The molecule has 22 heavy (non-hydrogen) atoms. The molecule has 3 nitrogen and oxygen atoms in total. The lowest BCUT2D eigenvalue weighted by Crippen LogP contribution is -2.31. The van der Waals surface area contributed by atoms with E-state index in [9.17, 15) is 0 Å². The second-order valence-electron chi connectivity index (χ2n) is 6.31. The molecule has 120 valence electrons. The molecule has 2 aliphatic heterocycles. The number of likely N-dealkylation sites (tertiary alicyclic amines) is 1. The van der Waals surface area contributed by atoms with Gasteiger partial charge in [-0.1, -0.05) is 24.6 Å². The van der Waals surface area contributed by atoms with Crippen LogP contribution in [0.2, 0.25) is 0 Å². The van der Waals surface area contributed by atoms with Gasteiger partial charge in [-0.3, -0.25) is 0 Å². The summed E-state index contributed by atoms with van der Waals surface area (Å²) in [6.07, 6.45) is 8.68. The maximum Gasteiger partial charge on any atom is 0.119 e. The monoisotopic (exact) mass is 300 g/mol. The Morgan fingerprint density at radius 1 is 1.05 bits per heavy atom. The first-order chi connectivity index (χ1) is 10.9. The highest BCUT2D eigenvalue weighted by Crippen LogP contribution is 2.22. The first-order valence-corrected chi connectivity index (χ1v) is 8.77. The van der Waals surface area contributed by atoms with E-state index < -0.39 is 0 Å². The van der Waals surface area contributed by atoms with Crippen molar-refractivity contribution < 1.29 is 4.74 Å². The third kappa shape index (κ3) is 4.59. The topological polar surface area (TPSA) is 24.5 Å². The van der Waals surface area contributed by atoms with Crippen LogP contribution in [-0.4, -0.2) is 44.2 Å². The normalized spacial score (nSPS) is 19.7. The highest BCUT2D eigenvalue weighted by atomic mass is 16.5. The highest BCUT2D eigenvalue weighted by Gasteiger charge is 2.09. The van der Waals surface area contributed by atoms with E-state index in [2.05, 4.69) is 40.6 Å². The molecule has 0 amide bonds. The van der Waals surface area contributed by atoms with Crippen molar-refractivity contribution in [2.24, 2.45) is 0 Å². The van der Waals surface area contributed by atoms with Crippen LogP contribution in [0.4, 0.5) is 0 Å². The second-order valence-corrected chi connectivity index (χ2v) is 6.31. The van der Waals surface area contributed by atoms with Crippen molar-refractivity contribution in [3.63, 3.8) is 0 Å². The van der Waals surface area contributed by atoms with E-state index in [1.807, 2.05) is 0 Å². The zero-order valence-corrected chi connectivity index (χ0v) is 13.5. The minimum atomic E-state index is 0.822. The third-order valence-corrected chi connectivity index (χ3v) is 4.63. The molecule has 3 heteroatoms. The fraction of sp³-hybridized carbons (Fsp3) is 0.579. The quantitative estimate of drug-likeness (QED) is 0.816. The molecular formula is C19H28N2O. The highest BCUT2D eigenvalue weighted by molar-refractivity contribution is 5.67. The fourth-order valence-corrected chi connectivity index (χ4v) is 3.31.